The summed E-state index contributed by atoms with van der Waals surface area (Å²) in [5, 5.41) is 9.61. The van der Waals surface area contributed by atoms with Gasteiger partial charge >= 0.3 is 0 Å². The van der Waals surface area contributed by atoms with Crippen LogP contribution in [0.1, 0.15) is 11.1 Å². The highest BCUT2D eigenvalue weighted by Gasteiger charge is 2.18. The summed E-state index contributed by atoms with van der Waals surface area (Å²) in [5.74, 6) is 0.0235. The lowest BCUT2D eigenvalue weighted by Crippen LogP contribution is -2.48. The molecule has 1 aliphatic rings. The smallest absolute Gasteiger partial charge is 0.246 e. The van der Waals surface area contributed by atoms with Crippen molar-refractivity contribution in [3.05, 3.63) is 40.4 Å². The van der Waals surface area contributed by atoms with Crippen LogP contribution in [0.5, 0.6) is 0 Å². The molecule has 0 unspecified atom stereocenters. The summed E-state index contributed by atoms with van der Waals surface area (Å²) < 4.78 is 0. The van der Waals surface area contributed by atoms with Crippen molar-refractivity contribution in [3.63, 3.8) is 0 Å². The third-order valence-corrected chi connectivity index (χ3v) is 4.12. The lowest BCUT2D eigenvalue weighted by atomic mass is 10.1. The van der Waals surface area contributed by atoms with Crippen molar-refractivity contribution in [1.82, 2.24) is 9.80 Å². The first-order valence-electron chi connectivity index (χ1n) is 7.16. The van der Waals surface area contributed by atoms with E-state index in [0.29, 0.717) is 24.7 Å². The molecular formula is C16H21ClN2O2. The van der Waals surface area contributed by atoms with Gasteiger partial charge in [0.15, 0.2) is 0 Å². The van der Waals surface area contributed by atoms with E-state index in [9.17, 15) is 4.79 Å². The number of piperazine rings is 1. The lowest BCUT2D eigenvalue weighted by molar-refractivity contribution is -0.127. The maximum Gasteiger partial charge on any atom is 0.246 e. The van der Waals surface area contributed by atoms with Crippen LogP contribution in [-0.4, -0.2) is 60.1 Å². The SMILES string of the molecule is Cc1ccc(/C=C/C(=O)N2CCN(CCO)CC2)cc1Cl. The normalized spacial score (nSPS) is 16.6. The number of carbonyl (C=O) groups is 1. The third kappa shape index (κ3) is 4.56. The number of halogens is 1. The number of amides is 1. The standard InChI is InChI=1S/C16H21ClN2O2/c1-13-2-3-14(12-15(13)17)4-5-16(21)19-8-6-18(7-9-19)10-11-20/h2-5,12,20H,6-11H2,1H3/b5-4+. The van der Waals surface area contributed by atoms with Gasteiger partial charge in [-0.3, -0.25) is 9.69 Å². The molecule has 0 spiro atoms. The molecule has 4 nitrogen and oxygen atoms in total. The molecule has 1 N–H and O–H groups in total. The van der Waals surface area contributed by atoms with Crippen molar-refractivity contribution in [1.29, 1.82) is 0 Å². The van der Waals surface area contributed by atoms with E-state index < -0.39 is 0 Å². The van der Waals surface area contributed by atoms with Gasteiger partial charge in [-0.2, -0.15) is 0 Å². The van der Waals surface area contributed by atoms with E-state index in [1.807, 2.05) is 30.0 Å². The van der Waals surface area contributed by atoms with E-state index >= 15 is 0 Å². The summed E-state index contributed by atoms with van der Waals surface area (Å²) in [6.07, 6.45) is 3.40. The van der Waals surface area contributed by atoms with E-state index in [2.05, 4.69) is 4.90 Å². The molecule has 2 rings (SSSR count). The molecule has 0 atom stereocenters. The lowest BCUT2D eigenvalue weighted by Gasteiger charge is -2.33. The van der Waals surface area contributed by atoms with Crippen molar-refractivity contribution < 1.29 is 9.90 Å². The quantitative estimate of drug-likeness (QED) is 0.863. The fourth-order valence-corrected chi connectivity index (χ4v) is 2.51. The molecule has 1 amide bonds. The fourth-order valence-electron chi connectivity index (χ4n) is 2.32. The van der Waals surface area contributed by atoms with Gasteiger partial charge in [-0.05, 0) is 30.2 Å². The molecule has 0 bridgehead atoms. The molecule has 0 aliphatic carbocycles. The number of benzene rings is 1. The molecule has 1 fully saturated rings. The first kappa shape index (κ1) is 16.0. The summed E-state index contributed by atoms with van der Waals surface area (Å²) >= 11 is 6.07. The van der Waals surface area contributed by atoms with Gasteiger partial charge in [0.1, 0.15) is 0 Å². The molecule has 1 aromatic rings. The summed E-state index contributed by atoms with van der Waals surface area (Å²) in [6.45, 7) is 5.84. The summed E-state index contributed by atoms with van der Waals surface area (Å²) in [4.78, 5) is 16.1. The maximum absolute atomic E-state index is 12.1. The Hall–Kier alpha value is -1.36. The van der Waals surface area contributed by atoms with Crippen molar-refractivity contribution in [2.24, 2.45) is 0 Å². The monoisotopic (exact) mass is 308 g/mol. The molecule has 1 aliphatic heterocycles. The Bertz CT molecular complexity index is 523. The van der Waals surface area contributed by atoms with Gasteiger partial charge in [0, 0.05) is 43.8 Å². The molecule has 0 saturated carbocycles. The Morgan fingerprint density at radius 3 is 2.67 bits per heavy atom. The summed E-state index contributed by atoms with van der Waals surface area (Å²) in [5.41, 5.74) is 1.96. The average molecular weight is 309 g/mol. The van der Waals surface area contributed by atoms with Gasteiger partial charge in [-0.15, -0.1) is 0 Å². The van der Waals surface area contributed by atoms with Gasteiger partial charge in [0.2, 0.25) is 5.91 Å². The Morgan fingerprint density at radius 2 is 2.05 bits per heavy atom. The molecule has 1 saturated heterocycles. The van der Waals surface area contributed by atoms with Crippen LogP contribution in [0.15, 0.2) is 24.3 Å². The predicted molar refractivity (Wildman–Crippen MR) is 85.3 cm³/mol. The van der Waals surface area contributed by atoms with E-state index in [1.165, 1.54) is 0 Å². The van der Waals surface area contributed by atoms with Crippen LogP contribution in [0.4, 0.5) is 0 Å². The highest BCUT2D eigenvalue weighted by atomic mass is 35.5. The molecule has 5 heteroatoms. The molecular weight excluding hydrogens is 288 g/mol. The first-order chi connectivity index (χ1) is 10.1. The van der Waals surface area contributed by atoms with Gasteiger partial charge in [0.05, 0.1) is 6.61 Å². The number of aliphatic hydroxyl groups excluding tert-OH is 1. The van der Waals surface area contributed by atoms with Gasteiger partial charge in [-0.25, -0.2) is 0 Å². The third-order valence-electron chi connectivity index (χ3n) is 3.71. The second-order valence-electron chi connectivity index (χ2n) is 5.23. The van der Waals surface area contributed by atoms with Gasteiger partial charge in [-0.1, -0.05) is 23.7 Å². The van der Waals surface area contributed by atoms with Crippen LogP contribution in [0.25, 0.3) is 6.08 Å². The van der Waals surface area contributed by atoms with Crippen molar-refractivity contribution in [2.45, 2.75) is 6.92 Å². The Kier molecular flexibility index (Phi) is 5.79. The topological polar surface area (TPSA) is 43.8 Å². The van der Waals surface area contributed by atoms with Crippen LogP contribution >= 0.6 is 11.6 Å². The maximum atomic E-state index is 12.1. The van der Waals surface area contributed by atoms with Crippen molar-refractivity contribution in [3.8, 4) is 0 Å². The number of β-amino-alcohol motifs (C(OH)–C–C–N with tert-alkyl or cyclic N) is 1. The molecule has 1 aromatic carbocycles. The van der Waals surface area contributed by atoms with E-state index in [4.69, 9.17) is 16.7 Å². The largest absolute Gasteiger partial charge is 0.395 e. The van der Waals surface area contributed by atoms with Crippen LogP contribution < -0.4 is 0 Å². The number of hydrogen-bond acceptors (Lipinski definition) is 3. The highest BCUT2D eigenvalue weighted by molar-refractivity contribution is 6.31. The Morgan fingerprint density at radius 1 is 1.33 bits per heavy atom. The number of aryl methyl sites for hydroxylation is 1. The molecule has 114 valence electrons. The Balaban J connectivity index is 1.89. The highest BCUT2D eigenvalue weighted by Crippen LogP contribution is 2.17. The number of rotatable bonds is 4. The zero-order chi connectivity index (χ0) is 15.2. The zero-order valence-corrected chi connectivity index (χ0v) is 13.0. The number of aliphatic hydroxyl groups is 1. The molecule has 0 aromatic heterocycles. The van der Waals surface area contributed by atoms with E-state index in [0.717, 1.165) is 24.2 Å². The summed E-state index contributed by atoms with van der Waals surface area (Å²) in [6, 6.07) is 5.75. The zero-order valence-electron chi connectivity index (χ0n) is 12.3. The predicted octanol–water partition coefficient (Wildman–Crippen LogP) is 1.80. The number of hydrogen-bond donors (Lipinski definition) is 1. The number of nitrogens with zero attached hydrogens (tertiary/aromatic N) is 2. The van der Waals surface area contributed by atoms with Crippen LogP contribution in [0.3, 0.4) is 0 Å². The van der Waals surface area contributed by atoms with Crippen LogP contribution in [-0.2, 0) is 4.79 Å². The average Bonchev–Trinajstić information content (AvgIpc) is 2.49. The molecule has 21 heavy (non-hydrogen) atoms. The second kappa shape index (κ2) is 7.59. The van der Waals surface area contributed by atoms with E-state index in [-0.39, 0.29) is 12.5 Å². The number of carbonyl (C=O) groups excluding carboxylic acids is 1. The summed E-state index contributed by atoms with van der Waals surface area (Å²) in [7, 11) is 0. The van der Waals surface area contributed by atoms with Crippen molar-refractivity contribution in [2.75, 3.05) is 39.3 Å². The Labute approximate surface area is 130 Å². The van der Waals surface area contributed by atoms with Crippen LogP contribution in [0.2, 0.25) is 5.02 Å². The molecule has 0 radical (unpaired) electrons. The van der Waals surface area contributed by atoms with Gasteiger partial charge in [0.25, 0.3) is 0 Å². The fraction of sp³-hybridized carbons (Fsp3) is 0.438. The van der Waals surface area contributed by atoms with Crippen molar-refractivity contribution >= 4 is 23.6 Å². The van der Waals surface area contributed by atoms with Gasteiger partial charge < -0.3 is 10.0 Å². The first-order valence-corrected chi connectivity index (χ1v) is 7.54. The second-order valence-corrected chi connectivity index (χ2v) is 5.64. The molecule has 1 heterocycles. The minimum atomic E-state index is 0.0235. The van der Waals surface area contributed by atoms with E-state index in [1.54, 1.807) is 12.2 Å². The minimum absolute atomic E-state index is 0.0235. The van der Waals surface area contributed by atoms with Crippen LogP contribution in [0, 0.1) is 6.92 Å². The minimum Gasteiger partial charge on any atom is -0.395 e.